The number of hydrogen-bond acceptors (Lipinski definition) is 6. The van der Waals surface area contributed by atoms with Gasteiger partial charge in [0.1, 0.15) is 0 Å². The molecule has 0 spiro atoms. The van der Waals surface area contributed by atoms with E-state index in [4.69, 9.17) is 4.74 Å². The van der Waals surface area contributed by atoms with Crippen LogP contribution in [0.25, 0.3) is 0 Å². The minimum Gasteiger partial charge on any atom is -0.456 e. The fourth-order valence-electron chi connectivity index (χ4n) is 5.15. The largest absolute Gasteiger partial charge is 0.456 e. The number of benzene rings is 1. The first-order valence-electron chi connectivity index (χ1n) is 10.5. The third-order valence-electron chi connectivity index (χ3n) is 6.41. The number of imide groups is 1. The molecule has 4 amide bonds. The zero-order valence-corrected chi connectivity index (χ0v) is 17.3. The monoisotopic (exact) mass is 427 g/mol. The van der Waals surface area contributed by atoms with Crippen LogP contribution >= 0.6 is 0 Å². The summed E-state index contributed by atoms with van der Waals surface area (Å²) in [7, 11) is 0. The SMILES string of the molecule is CC(=O)Nc1ccc(NC(=O)COC(=O)CCN2C(=O)[C@@H]3[C@H]4CC[C@@H](C4)[C@H]3C2=O)cc1. The molecule has 1 aromatic rings. The molecule has 0 aromatic heterocycles. The number of esters is 1. The van der Waals surface area contributed by atoms with Crippen molar-refractivity contribution in [1.82, 2.24) is 4.90 Å². The maximum absolute atomic E-state index is 12.6. The highest BCUT2D eigenvalue weighted by Crippen LogP contribution is 2.56. The van der Waals surface area contributed by atoms with Crippen LogP contribution in [0.4, 0.5) is 11.4 Å². The molecule has 1 heterocycles. The van der Waals surface area contributed by atoms with Crippen LogP contribution < -0.4 is 10.6 Å². The summed E-state index contributed by atoms with van der Waals surface area (Å²) in [6.45, 7) is 0.924. The van der Waals surface area contributed by atoms with E-state index in [1.165, 1.54) is 11.8 Å². The van der Waals surface area contributed by atoms with E-state index >= 15 is 0 Å². The summed E-state index contributed by atoms with van der Waals surface area (Å²) in [5.41, 5.74) is 1.09. The fraction of sp³-hybridized carbons (Fsp3) is 0.500. The lowest BCUT2D eigenvalue weighted by Crippen LogP contribution is -2.35. The Hall–Kier alpha value is -3.23. The van der Waals surface area contributed by atoms with Crippen LogP contribution in [0.5, 0.6) is 0 Å². The average molecular weight is 427 g/mol. The number of carbonyl (C=O) groups excluding carboxylic acids is 5. The predicted octanol–water partition coefficient (Wildman–Crippen LogP) is 1.55. The maximum atomic E-state index is 12.6. The molecule has 31 heavy (non-hydrogen) atoms. The number of nitrogens with one attached hydrogen (secondary N) is 2. The van der Waals surface area contributed by atoms with Gasteiger partial charge in [-0.15, -0.1) is 0 Å². The van der Waals surface area contributed by atoms with Gasteiger partial charge in [0.15, 0.2) is 6.61 Å². The Balaban J connectivity index is 1.20. The number of amides is 4. The number of ether oxygens (including phenoxy) is 1. The van der Waals surface area contributed by atoms with Crippen molar-refractivity contribution in [2.45, 2.75) is 32.6 Å². The third kappa shape index (κ3) is 4.30. The van der Waals surface area contributed by atoms with Crippen molar-refractivity contribution in [3.63, 3.8) is 0 Å². The van der Waals surface area contributed by atoms with Crippen molar-refractivity contribution in [3.8, 4) is 0 Å². The number of rotatable bonds is 7. The molecule has 3 fully saturated rings. The van der Waals surface area contributed by atoms with Crippen molar-refractivity contribution in [2.75, 3.05) is 23.8 Å². The predicted molar refractivity (Wildman–Crippen MR) is 109 cm³/mol. The van der Waals surface area contributed by atoms with Crippen LogP contribution in [0.15, 0.2) is 24.3 Å². The summed E-state index contributed by atoms with van der Waals surface area (Å²) in [4.78, 5) is 61.4. The van der Waals surface area contributed by atoms with E-state index in [1.54, 1.807) is 24.3 Å². The van der Waals surface area contributed by atoms with E-state index in [-0.39, 0.29) is 42.5 Å². The van der Waals surface area contributed by atoms with Gasteiger partial charge < -0.3 is 15.4 Å². The molecular formula is C22H25N3O6. The molecule has 0 radical (unpaired) electrons. The zero-order chi connectivity index (χ0) is 22.1. The second kappa shape index (κ2) is 8.49. The van der Waals surface area contributed by atoms with Crippen LogP contribution in [0.1, 0.15) is 32.6 Å². The third-order valence-corrected chi connectivity index (χ3v) is 6.41. The number of nitrogens with zero attached hydrogens (tertiary/aromatic N) is 1. The average Bonchev–Trinajstić information content (AvgIpc) is 3.40. The molecule has 2 saturated carbocycles. The number of carbonyl (C=O) groups is 5. The summed E-state index contributed by atoms with van der Waals surface area (Å²) >= 11 is 0. The number of likely N-dealkylation sites (tertiary alicyclic amines) is 1. The van der Waals surface area contributed by atoms with E-state index < -0.39 is 18.5 Å². The summed E-state index contributed by atoms with van der Waals surface area (Å²) in [5.74, 6) is -1.46. The Morgan fingerprint density at radius 3 is 2.06 bits per heavy atom. The van der Waals surface area contributed by atoms with E-state index in [0.717, 1.165) is 19.3 Å². The summed E-state index contributed by atoms with van der Waals surface area (Å²) in [6, 6.07) is 6.49. The zero-order valence-electron chi connectivity index (χ0n) is 17.3. The molecule has 4 atom stereocenters. The van der Waals surface area contributed by atoms with E-state index in [1.807, 2.05) is 0 Å². The molecule has 164 valence electrons. The highest BCUT2D eigenvalue weighted by molar-refractivity contribution is 6.06. The van der Waals surface area contributed by atoms with E-state index in [9.17, 15) is 24.0 Å². The Morgan fingerprint density at radius 2 is 1.52 bits per heavy atom. The molecular weight excluding hydrogens is 402 g/mol. The van der Waals surface area contributed by atoms with Gasteiger partial charge in [-0.3, -0.25) is 28.9 Å². The van der Waals surface area contributed by atoms with Crippen LogP contribution in [0.2, 0.25) is 0 Å². The Labute approximate surface area is 179 Å². The normalized spacial score (nSPS) is 26.0. The van der Waals surface area contributed by atoms with E-state index in [0.29, 0.717) is 23.2 Å². The Kier molecular flexibility index (Phi) is 5.75. The first-order valence-corrected chi connectivity index (χ1v) is 10.5. The lowest BCUT2D eigenvalue weighted by Gasteiger charge is -2.19. The van der Waals surface area contributed by atoms with Crippen LogP contribution in [-0.4, -0.2) is 47.6 Å². The van der Waals surface area contributed by atoms with Gasteiger partial charge in [-0.2, -0.15) is 0 Å². The molecule has 1 saturated heterocycles. The molecule has 9 heteroatoms. The van der Waals surface area contributed by atoms with Crippen molar-refractivity contribution >= 4 is 41.0 Å². The minimum absolute atomic E-state index is 0.00479. The summed E-state index contributed by atoms with van der Waals surface area (Å²) in [6.07, 6.45) is 2.84. The summed E-state index contributed by atoms with van der Waals surface area (Å²) in [5, 5.41) is 5.20. The fourth-order valence-corrected chi connectivity index (χ4v) is 5.15. The number of fused-ring (bicyclic) bond motifs is 5. The van der Waals surface area contributed by atoms with Gasteiger partial charge in [-0.25, -0.2) is 0 Å². The smallest absolute Gasteiger partial charge is 0.308 e. The second-order valence-electron chi connectivity index (χ2n) is 8.43. The van der Waals surface area contributed by atoms with Crippen molar-refractivity contribution in [2.24, 2.45) is 23.7 Å². The standard InChI is InChI=1S/C22H25N3O6/c1-12(26)23-15-4-6-16(7-5-15)24-17(27)11-31-18(28)8-9-25-21(29)19-13-2-3-14(10-13)20(19)22(25)30/h4-7,13-14,19-20H,2-3,8-11H2,1H3,(H,23,26)(H,24,27)/t13-,14-,19+,20+/m0/s1. The van der Waals surface area contributed by atoms with Crippen molar-refractivity contribution in [1.29, 1.82) is 0 Å². The molecule has 3 aliphatic rings. The van der Waals surface area contributed by atoms with E-state index in [2.05, 4.69) is 10.6 Å². The lowest BCUT2D eigenvalue weighted by atomic mass is 9.81. The minimum atomic E-state index is -0.642. The molecule has 4 rings (SSSR count). The van der Waals surface area contributed by atoms with Crippen LogP contribution in [-0.2, 0) is 28.7 Å². The maximum Gasteiger partial charge on any atom is 0.308 e. The number of anilines is 2. The summed E-state index contributed by atoms with van der Waals surface area (Å²) < 4.78 is 4.97. The second-order valence-corrected chi connectivity index (χ2v) is 8.43. The van der Waals surface area contributed by atoms with Gasteiger partial charge in [0.05, 0.1) is 18.3 Å². The molecule has 2 aliphatic carbocycles. The van der Waals surface area contributed by atoms with Gasteiger partial charge in [-0.05, 0) is 55.4 Å². The quantitative estimate of drug-likeness (QED) is 0.503. The molecule has 1 aromatic carbocycles. The van der Waals surface area contributed by atoms with Crippen molar-refractivity contribution < 1.29 is 28.7 Å². The Bertz CT molecular complexity index is 900. The van der Waals surface area contributed by atoms with Crippen LogP contribution in [0, 0.1) is 23.7 Å². The molecule has 2 bridgehead atoms. The lowest BCUT2D eigenvalue weighted by molar-refractivity contribution is -0.149. The first-order chi connectivity index (χ1) is 14.8. The van der Waals surface area contributed by atoms with Gasteiger partial charge in [0, 0.05) is 24.8 Å². The highest BCUT2D eigenvalue weighted by Gasteiger charge is 2.60. The van der Waals surface area contributed by atoms with Gasteiger partial charge >= 0.3 is 5.97 Å². The molecule has 2 N–H and O–H groups in total. The van der Waals surface area contributed by atoms with Crippen molar-refractivity contribution in [3.05, 3.63) is 24.3 Å². The van der Waals surface area contributed by atoms with Gasteiger partial charge in [0.2, 0.25) is 17.7 Å². The highest BCUT2D eigenvalue weighted by atomic mass is 16.5. The Morgan fingerprint density at radius 1 is 0.968 bits per heavy atom. The first kappa shape index (κ1) is 21.0. The van der Waals surface area contributed by atoms with Gasteiger partial charge in [-0.1, -0.05) is 0 Å². The molecule has 1 aliphatic heterocycles. The molecule has 9 nitrogen and oxygen atoms in total. The number of hydrogen-bond donors (Lipinski definition) is 2. The topological polar surface area (TPSA) is 122 Å². The molecule has 0 unspecified atom stereocenters. The van der Waals surface area contributed by atoms with Gasteiger partial charge in [0.25, 0.3) is 5.91 Å². The van der Waals surface area contributed by atoms with Crippen LogP contribution in [0.3, 0.4) is 0 Å².